The number of likely N-dealkylation sites (tertiary alicyclic amines) is 1. The summed E-state index contributed by atoms with van der Waals surface area (Å²) in [7, 11) is 0. The van der Waals surface area contributed by atoms with Gasteiger partial charge in [-0.05, 0) is 54.8 Å². The smallest absolute Gasteiger partial charge is 0.339 e. The van der Waals surface area contributed by atoms with Gasteiger partial charge in [-0.1, -0.05) is 12.1 Å². The molecule has 1 fully saturated rings. The summed E-state index contributed by atoms with van der Waals surface area (Å²) in [6.07, 6.45) is -3.79. The average molecular weight is 451 g/mol. The topological polar surface area (TPSA) is 78.5 Å². The molecule has 32 heavy (non-hydrogen) atoms. The number of carbonyl (C=O) groups is 3. The molecule has 2 N–H and O–H groups in total. The predicted octanol–water partition coefficient (Wildman–Crippen LogP) is 3.09. The van der Waals surface area contributed by atoms with Gasteiger partial charge in [-0.3, -0.25) is 25.2 Å². The van der Waals surface area contributed by atoms with E-state index >= 15 is 0 Å². The van der Waals surface area contributed by atoms with Crippen molar-refractivity contribution in [3.63, 3.8) is 0 Å². The minimum atomic E-state index is -4.47. The maximum Gasteiger partial charge on any atom is 0.416 e. The van der Waals surface area contributed by atoms with Crippen LogP contribution in [0.1, 0.15) is 34.3 Å². The molecule has 1 aliphatic heterocycles. The first-order valence-electron chi connectivity index (χ1n) is 9.93. The van der Waals surface area contributed by atoms with Gasteiger partial charge in [-0.15, -0.1) is 0 Å². The minimum absolute atomic E-state index is 0.0271. The van der Waals surface area contributed by atoms with Crippen molar-refractivity contribution in [2.45, 2.75) is 25.4 Å². The van der Waals surface area contributed by atoms with Gasteiger partial charge in [0, 0.05) is 24.6 Å². The van der Waals surface area contributed by atoms with Crippen LogP contribution in [0.3, 0.4) is 0 Å². The van der Waals surface area contributed by atoms with E-state index in [9.17, 15) is 31.9 Å². The zero-order valence-corrected chi connectivity index (χ0v) is 16.9. The summed E-state index contributed by atoms with van der Waals surface area (Å²) in [6, 6.07) is 9.42. The molecule has 3 amide bonds. The van der Waals surface area contributed by atoms with E-state index < -0.39 is 35.3 Å². The Balaban J connectivity index is 1.44. The number of amides is 3. The molecule has 6 nitrogen and oxygen atoms in total. The molecule has 1 saturated heterocycles. The fraction of sp³-hybridized carbons (Fsp3) is 0.318. The number of nitrogens with zero attached hydrogens (tertiary/aromatic N) is 1. The number of hydrogen-bond donors (Lipinski definition) is 2. The summed E-state index contributed by atoms with van der Waals surface area (Å²) in [6.45, 7) is 0.531. The van der Waals surface area contributed by atoms with Gasteiger partial charge in [0.1, 0.15) is 5.82 Å². The van der Waals surface area contributed by atoms with Gasteiger partial charge in [0.05, 0.1) is 12.0 Å². The number of nitrogens with one attached hydrogen (secondary N) is 2. The number of carbonyl (C=O) groups excluding carboxylic acids is 3. The van der Waals surface area contributed by atoms with Crippen molar-refractivity contribution in [1.29, 1.82) is 0 Å². The normalized spacial score (nSPS) is 14.7. The van der Waals surface area contributed by atoms with E-state index in [1.807, 2.05) is 0 Å². The number of piperidine rings is 1. The molecule has 0 unspecified atom stereocenters. The maximum atomic E-state index is 12.9. The number of hydrogen-bond acceptors (Lipinski definition) is 3. The third kappa shape index (κ3) is 6.05. The van der Waals surface area contributed by atoms with Crippen LogP contribution in [-0.4, -0.2) is 35.7 Å². The van der Waals surface area contributed by atoms with Crippen molar-refractivity contribution in [2.75, 3.05) is 13.1 Å². The Morgan fingerprint density at radius 3 is 2.06 bits per heavy atom. The second-order valence-corrected chi connectivity index (χ2v) is 7.48. The number of alkyl halides is 3. The van der Waals surface area contributed by atoms with Gasteiger partial charge >= 0.3 is 6.18 Å². The largest absolute Gasteiger partial charge is 0.416 e. The first kappa shape index (κ1) is 23.2. The zero-order valence-electron chi connectivity index (χ0n) is 16.9. The number of hydrazine groups is 1. The highest BCUT2D eigenvalue weighted by molar-refractivity contribution is 5.94. The molecule has 1 aliphatic rings. The van der Waals surface area contributed by atoms with Gasteiger partial charge in [0.15, 0.2) is 0 Å². The van der Waals surface area contributed by atoms with Gasteiger partial charge in [0.25, 0.3) is 5.91 Å². The Morgan fingerprint density at radius 1 is 0.906 bits per heavy atom. The van der Waals surface area contributed by atoms with Crippen molar-refractivity contribution in [3.05, 3.63) is 71.0 Å². The maximum absolute atomic E-state index is 12.9. The van der Waals surface area contributed by atoms with Crippen LogP contribution in [0.5, 0.6) is 0 Å². The van der Waals surface area contributed by atoms with Crippen LogP contribution in [0.2, 0.25) is 0 Å². The standard InChI is InChI=1S/C22H21F4N3O3/c23-18-7-1-14(2-8-18)13-19(30)27-28-20(31)15-9-11-29(12-10-15)21(32)16-3-5-17(6-4-16)22(24,25)26/h1-8,15H,9-13H2,(H,27,30)(H,28,31). The quantitative estimate of drug-likeness (QED) is 0.554. The Morgan fingerprint density at radius 2 is 1.50 bits per heavy atom. The molecule has 10 heteroatoms. The van der Waals surface area contributed by atoms with E-state index in [4.69, 9.17) is 0 Å². The summed E-state index contributed by atoms with van der Waals surface area (Å²) in [5.41, 5.74) is 4.58. The SMILES string of the molecule is O=C(Cc1ccc(F)cc1)NNC(=O)C1CCN(C(=O)c2ccc(C(F)(F)F)cc2)CC1. The molecule has 0 spiro atoms. The summed E-state index contributed by atoms with van der Waals surface area (Å²) in [4.78, 5) is 38.2. The van der Waals surface area contributed by atoms with Crippen LogP contribution < -0.4 is 10.9 Å². The van der Waals surface area contributed by atoms with Crippen LogP contribution >= 0.6 is 0 Å². The Bertz CT molecular complexity index is 967. The van der Waals surface area contributed by atoms with Crippen molar-refractivity contribution in [1.82, 2.24) is 15.8 Å². The van der Waals surface area contributed by atoms with Crippen molar-refractivity contribution >= 4 is 17.7 Å². The fourth-order valence-electron chi connectivity index (χ4n) is 3.39. The first-order chi connectivity index (χ1) is 15.1. The molecule has 170 valence electrons. The highest BCUT2D eigenvalue weighted by Gasteiger charge is 2.31. The molecule has 0 atom stereocenters. The van der Waals surface area contributed by atoms with Crippen LogP contribution in [0.25, 0.3) is 0 Å². The molecule has 2 aromatic rings. The zero-order chi connectivity index (χ0) is 23.3. The van der Waals surface area contributed by atoms with E-state index in [0.29, 0.717) is 18.4 Å². The third-order valence-electron chi connectivity index (χ3n) is 5.22. The van der Waals surface area contributed by atoms with E-state index in [2.05, 4.69) is 10.9 Å². The van der Waals surface area contributed by atoms with E-state index in [1.54, 1.807) is 0 Å². The molecule has 0 radical (unpaired) electrons. The second-order valence-electron chi connectivity index (χ2n) is 7.48. The fourth-order valence-corrected chi connectivity index (χ4v) is 3.39. The van der Waals surface area contributed by atoms with Crippen LogP contribution in [-0.2, 0) is 22.2 Å². The van der Waals surface area contributed by atoms with Crippen molar-refractivity contribution in [3.8, 4) is 0 Å². The van der Waals surface area contributed by atoms with E-state index in [-0.39, 0.29) is 31.0 Å². The van der Waals surface area contributed by atoms with Gasteiger partial charge < -0.3 is 4.90 Å². The number of benzene rings is 2. The van der Waals surface area contributed by atoms with Crippen molar-refractivity contribution in [2.24, 2.45) is 5.92 Å². The molecule has 0 saturated carbocycles. The minimum Gasteiger partial charge on any atom is -0.339 e. The van der Waals surface area contributed by atoms with Crippen LogP contribution in [0.4, 0.5) is 17.6 Å². The molecule has 2 aromatic carbocycles. The third-order valence-corrected chi connectivity index (χ3v) is 5.22. The van der Waals surface area contributed by atoms with E-state index in [1.165, 1.54) is 29.2 Å². The summed E-state index contributed by atoms with van der Waals surface area (Å²) in [5, 5.41) is 0. The first-order valence-corrected chi connectivity index (χ1v) is 9.93. The average Bonchev–Trinajstić information content (AvgIpc) is 2.78. The molecular weight excluding hydrogens is 430 g/mol. The van der Waals surface area contributed by atoms with Crippen molar-refractivity contribution < 1.29 is 31.9 Å². The Hall–Kier alpha value is -3.43. The lowest BCUT2D eigenvalue weighted by Gasteiger charge is -2.31. The molecular formula is C22H21F4N3O3. The molecule has 0 aliphatic carbocycles. The monoisotopic (exact) mass is 451 g/mol. The molecule has 1 heterocycles. The number of rotatable bonds is 4. The number of halogens is 4. The second kappa shape index (κ2) is 9.80. The summed E-state index contributed by atoms with van der Waals surface area (Å²) in [5.74, 6) is -2.08. The van der Waals surface area contributed by atoms with Gasteiger partial charge in [-0.2, -0.15) is 13.2 Å². The highest BCUT2D eigenvalue weighted by atomic mass is 19.4. The Labute approximate surface area is 181 Å². The van der Waals surface area contributed by atoms with Crippen LogP contribution in [0, 0.1) is 11.7 Å². The Kier molecular flexibility index (Phi) is 7.12. The summed E-state index contributed by atoms with van der Waals surface area (Å²) >= 11 is 0. The van der Waals surface area contributed by atoms with Gasteiger partial charge in [-0.25, -0.2) is 4.39 Å². The summed E-state index contributed by atoms with van der Waals surface area (Å²) < 4.78 is 50.9. The lowest BCUT2D eigenvalue weighted by Crippen LogP contribution is -2.48. The predicted molar refractivity (Wildman–Crippen MR) is 106 cm³/mol. The molecule has 0 bridgehead atoms. The molecule has 0 aromatic heterocycles. The van der Waals surface area contributed by atoms with Crippen LogP contribution in [0.15, 0.2) is 48.5 Å². The van der Waals surface area contributed by atoms with E-state index in [0.717, 1.165) is 24.3 Å². The highest BCUT2D eigenvalue weighted by Crippen LogP contribution is 2.29. The lowest BCUT2D eigenvalue weighted by atomic mass is 9.95. The molecule has 3 rings (SSSR count). The van der Waals surface area contributed by atoms with Gasteiger partial charge in [0.2, 0.25) is 11.8 Å². The lowest BCUT2D eigenvalue weighted by molar-refractivity contribution is -0.137.